The van der Waals surface area contributed by atoms with Crippen LogP contribution in [0.1, 0.15) is 24.3 Å². The number of benzene rings is 2. The number of oxazole rings is 1. The summed E-state index contributed by atoms with van der Waals surface area (Å²) in [4.78, 5) is 17.6. The minimum absolute atomic E-state index is 0.0568. The number of halogens is 1. The summed E-state index contributed by atoms with van der Waals surface area (Å²) in [6.45, 7) is 2.88. The minimum atomic E-state index is -0.657. The summed E-state index contributed by atoms with van der Waals surface area (Å²) >= 11 is 6.18. The summed E-state index contributed by atoms with van der Waals surface area (Å²) in [5, 5.41) is 3.67. The Kier molecular flexibility index (Phi) is 4.42. The second kappa shape index (κ2) is 6.74. The molecule has 6 heteroatoms. The fourth-order valence-corrected chi connectivity index (χ4v) is 3.71. The largest absolute Gasteiger partial charge is 0.441 e. The van der Waals surface area contributed by atoms with E-state index in [4.69, 9.17) is 20.8 Å². The average Bonchev–Trinajstić information content (AvgIpc) is 3.01. The fraction of sp³-hybridized carbons (Fsp3) is 0.300. The van der Waals surface area contributed by atoms with E-state index >= 15 is 0 Å². The van der Waals surface area contributed by atoms with Gasteiger partial charge in [0.15, 0.2) is 11.5 Å². The third kappa shape index (κ3) is 3.08. The van der Waals surface area contributed by atoms with Crippen molar-refractivity contribution in [2.24, 2.45) is 0 Å². The monoisotopic (exact) mass is 370 g/mol. The Morgan fingerprint density at radius 2 is 2.00 bits per heavy atom. The molecular weight excluding hydrogens is 352 g/mol. The molecule has 1 fully saturated rings. The molecule has 1 aromatic heterocycles. The molecule has 0 aliphatic carbocycles. The Bertz CT molecular complexity index is 961. The number of fused-ring (bicyclic) bond motifs is 1. The van der Waals surface area contributed by atoms with E-state index in [0.29, 0.717) is 48.2 Å². The molecule has 3 aromatic rings. The fourth-order valence-electron chi connectivity index (χ4n) is 3.52. The molecule has 0 bridgehead atoms. The average molecular weight is 371 g/mol. The van der Waals surface area contributed by atoms with Gasteiger partial charge in [-0.25, -0.2) is 4.98 Å². The van der Waals surface area contributed by atoms with Gasteiger partial charge in [0.05, 0.1) is 5.41 Å². The molecule has 0 radical (unpaired) electrons. The van der Waals surface area contributed by atoms with E-state index in [2.05, 4.69) is 10.3 Å². The van der Waals surface area contributed by atoms with Crippen LogP contribution in [0, 0.1) is 6.92 Å². The number of rotatable bonds is 3. The highest BCUT2D eigenvalue weighted by Crippen LogP contribution is 2.37. The summed E-state index contributed by atoms with van der Waals surface area (Å²) in [7, 11) is 0. The molecule has 26 heavy (non-hydrogen) atoms. The summed E-state index contributed by atoms with van der Waals surface area (Å²) in [6.07, 6.45) is 1.23. The van der Waals surface area contributed by atoms with Crippen LogP contribution in [0.15, 0.2) is 46.9 Å². The van der Waals surface area contributed by atoms with Gasteiger partial charge in [0.1, 0.15) is 5.52 Å². The second-order valence-corrected chi connectivity index (χ2v) is 7.01. The maximum atomic E-state index is 13.3. The normalized spacial score (nSPS) is 16.5. The molecule has 5 nitrogen and oxygen atoms in total. The third-order valence-corrected chi connectivity index (χ3v) is 5.15. The Morgan fingerprint density at radius 1 is 1.19 bits per heavy atom. The number of amides is 1. The van der Waals surface area contributed by atoms with Gasteiger partial charge >= 0.3 is 0 Å². The van der Waals surface area contributed by atoms with Crippen molar-refractivity contribution in [1.29, 1.82) is 0 Å². The summed E-state index contributed by atoms with van der Waals surface area (Å²) in [5.41, 5.74) is 2.38. The van der Waals surface area contributed by atoms with Crippen LogP contribution in [0.3, 0.4) is 0 Å². The number of aromatic nitrogens is 1. The molecule has 1 saturated heterocycles. The topological polar surface area (TPSA) is 64.4 Å². The van der Waals surface area contributed by atoms with Crippen molar-refractivity contribution in [1.82, 2.24) is 4.98 Å². The van der Waals surface area contributed by atoms with Crippen molar-refractivity contribution in [3.8, 4) is 0 Å². The molecule has 0 atom stereocenters. The van der Waals surface area contributed by atoms with E-state index in [9.17, 15) is 4.79 Å². The van der Waals surface area contributed by atoms with E-state index in [-0.39, 0.29) is 5.91 Å². The summed E-state index contributed by atoms with van der Waals surface area (Å²) in [6, 6.07) is 13.0. The number of nitrogens with zero attached hydrogens (tertiary/aromatic N) is 1. The van der Waals surface area contributed by atoms with Crippen molar-refractivity contribution in [3.05, 3.63) is 58.9 Å². The van der Waals surface area contributed by atoms with Gasteiger partial charge in [-0.15, -0.1) is 0 Å². The number of aryl methyl sites for hydroxylation is 1. The van der Waals surface area contributed by atoms with Crippen LogP contribution < -0.4 is 5.32 Å². The Morgan fingerprint density at radius 3 is 2.77 bits per heavy atom. The van der Waals surface area contributed by atoms with E-state index in [1.807, 2.05) is 36.4 Å². The maximum absolute atomic E-state index is 13.3. The molecule has 2 aromatic carbocycles. The number of carbonyl (C=O) groups is 1. The van der Waals surface area contributed by atoms with Gasteiger partial charge < -0.3 is 14.5 Å². The zero-order chi connectivity index (χ0) is 18.1. The molecule has 1 N–H and O–H groups in total. The first-order valence-corrected chi connectivity index (χ1v) is 8.97. The summed E-state index contributed by atoms with van der Waals surface area (Å²) in [5.74, 6) is 0.543. The van der Waals surface area contributed by atoms with Crippen LogP contribution in [0.5, 0.6) is 0 Å². The first kappa shape index (κ1) is 17.1. The standard InChI is InChI=1S/C20H19ClN2O3/c1-13-22-17-6-5-16(12-18(17)26-13)23-19(24)20(7-9-25-10-8-20)14-3-2-4-15(21)11-14/h2-6,11-12H,7-10H2,1H3,(H,23,24). The Hall–Kier alpha value is -2.37. The van der Waals surface area contributed by atoms with Gasteiger partial charge in [0.25, 0.3) is 0 Å². The maximum Gasteiger partial charge on any atom is 0.235 e. The number of anilines is 1. The Balaban J connectivity index is 1.67. The SMILES string of the molecule is Cc1nc2ccc(NC(=O)C3(c4cccc(Cl)c4)CCOCC3)cc2o1. The van der Waals surface area contributed by atoms with Gasteiger partial charge in [0, 0.05) is 36.9 Å². The molecule has 0 unspecified atom stereocenters. The second-order valence-electron chi connectivity index (χ2n) is 6.57. The van der Waals surface area contributed by atoms with Crippen LogP contribution >= 0.6 is 11.6 Å². The quantitative estimate of drug-likeness (QED) is 0.738. The number of hydrogen-bond donors (Lipinski definition) is 1. The molecule has 134 valence electrons. The minimum Gasteiger partial charge on any atom is -0.441 e. The lowest BCUT2D eigenvalue weighted by Crippen LogP contribution is -2.44. The molecule has 1 aliphatic rings. The van der Waals surface area contributed by atoms with E-state index in [1.165, 1.54) is 0 Å². The smallest absolute Gasteiger partial charge is 0.235 e. The first-order valence-electron chi connectivity index (χ1n) is 8.59. The van der Waals surface area contributed by atoms with Crippen LogP contribution in [0.4, 0.5) is 5.69 Å². The number of ether oxygens (including phenoxy) is 1. The highest BCUT2D eigenvalue weighted by Gasteiger charge is 2.41. The lowest BCUT2D eigenvalue weighted by Gasteiger charge is -2.36. The predicted octanol–water partition coefficient (Wildman–Crippen LogP) is 4.48. The van der Waals surface area contributed by atoms with E-state index in [1.54, 1.807) is 13.0 Å². The zero-order valence-electron chi connectivity index (χ0n) is 14.4. The van der Waals surface area contributed by atoms with Crippen LogP contribution in [0.2, 0.25) is 5.02 Å². The Labute approximate surface area is 156 Å². The van der Waals surface area contributed by atoms with Gasteiger partial charge in [-0.05, 0) is 42.7 Å². The van der Waals surface area contributed by atoms with Gasteiger partial charge in [-0.2, -0.15) is 0 Å². The predicted molar refractivity (Wildman–Crippen MR) is 101 cm³/mol. The van der Waals surface area contributed by atoms with Gasteiger partial charge in [-0.3, -0.25) is 4.79 Å². The number of nitrogens with one attached hydrogen (secondary N) is 1. The van der Waals surface area contributed by atoms with Crippen molar-refractivity contribution >= 4 is 34.3 Å². The lowest BCUT2D eigenvalue weighted by molar-refractivity contribution is -0.125. The van der Waals surface area contributed by atoms with E-state index in [0.717, 1.165) is 11.1 Å². The molecule has 0 saturated carbocycles. The number of hydrogen-bond acceptors (Lipinski definition) is 4. The lowest BCUT2D eigenvalue weighted by atomic mass is 9.73. The zero-order valence-corrected chi connectivity index (χ0v) is 15.2. The van der Waals surface area contributed by atoms with E-state index < -0.39 is 5.41 Å². The number of carbonyl (C=O) groups excluding carboxylic acids is 1. The van der Waals surface area contributed by atoms with Crippen LogP contribution in [0.25, 0.3) is 11.1 Å². The van der Waals surface area contributed by atoms with Crippen molar-refractivity contribution < 1.29 is 13.9 Å². The third-order valence-electron chi connectivity index (χ3n) is 4.91. The molecule has 1 amide bonds. The highest BCUT2D eigenvalue weighted by atomic mass is 35.5. The molecular formula is C20H19ClN2O3. The van der Waals surface area contributed by atoms with Gasteiger partial charge in [-0.1, -0.05) is 23.7 Å². The molecule has 4 rings (SSSR count). The molecule has 0 spiro atoms. The first-order chi connectivity index (χ1) is 12.6. The highest BCUT2D eigenvalue weighted by molar-refractivity contribution is 6.30. The molecule has 1 aliphatic heterocycles. The van der Waals surface area contributed by atoms with Crippen molar-refractivity contribution in [2.45, 2.75) is 25.2 Å². The summed E-state index contributed by atoms with van der Waals surface area (Å²) < 4.78 is 11.1. The molecule has 2 heterocycles. The van der Waals surface area contributed by atoms with Crippen molar-refractivity contribution in [3.63, 3.8) is 0 Å². The van der Waals surface area contributed by atoms with Crippen molar-refractivity contribution in [2.75, 3.05) is 18.5 Å². The van der Waals surface area contributed by atoms with Gasteiger partial charge in [0.2, 0.25) is 5.91 Å². The van der Waals surface area contributed by atoms with Crippen LogP contribution in [-0.4, -0.2) is 24.1 Å². The van der Waals surface area contributed by atoms with Crippen LogP contribution in [-0.2, 0) is 14.9 Å².